The fourth-order valence-electron chi connectivity index (χ4n) is 3.62. The van der Waals surface area contributed by atoms with Crippen LogP contribution in [0.5, 0.6) is 5.75 Å². The van der Waals surface area contributed by atoms with Crippen LogP contribution in [0, 0.1) is 5.92 Å². The molecule has 1 aliphatic rings. The minimum atomic E-state index is -1.62. The summed E-state index contributed by atoms with van der Waals surface area (Å²) in [6.45, 7) is 3.58. The molecule has 1 aliphatic heterocycles. The number of ketones is 1. The molecular formula is C24H34N2O6S2. The highest BCUT2D eigenvalue weighted by Crippen LogP contribution is 2.39. The molecule has 3 atom stereocenters. The van der Waals surface area contributed by atoms with Gasteiger partial charge in [-0.1, -0.05) is 54.0 Å². The van der Waals surface area contributed by atoms with Crippen LogP contribution >= 0.6 is 21.6 Å². The molecule has 1 aromatic carbocycles. The Morgan fingerprint density at radius 1 is 1.12 bits per heavy atom. The minimum absolute atomic E-state index is 0.0110. The maximum atomic E-state index is 13.0. The summed E-state index contributed by atoms with van der Waals surface area (Å²) in [5.41, 5.74) is 0.671. The number of hydrogen-bond acceptors (Lipinski definition) is 7. The molecule has 1 heterocycles. The van der Waals surface area contributed by atoms with E-state index in [4.69, 9.17) is 4.74 Å². The van der Waals surface area contributed by atoms with Gasteiger partial charge in [-0.25, -0.2) is 4.79 Å². The van der Waals surface area contributed by atoms with Crippen LogP contribution in [-0.4, -0.2) is 58.9 Å². The van der Waals surface area contributed by atoms with Gasteiger partial charge in [0, 0.05) is 23.8 Å². The van der Waals surface area contributed by atoms with E-state index in [1.807, 2.05) is 21.6 Å². The summed E-state index contributed by atoms with van der Waals surface area (Å²) < 4.78 is 5.11. The first kappa shape index (κ1) is 28.0. The van der Waals surface area contributed by atoms with Crippen LogP contribution in [0.3, 0.4) is 0 Å². The molecule has 0 radical (unpaired) electrons. The largest absolute Gasteiger partial charge is 0.497 e. The Kier molecular flexibility index (Phi) is 11.8. The molecule has 10 heteroatoms. The molecule has 1 aromatic rings. The maximum Gasteiger partial charge on any atom is 0.374 e. The summed E-state index contributed by atoms with van der Waals surface area (Å²) in [5.74, 6) is -1.96. The Balaban J connectivity index is 1.94. The molecule has 3 N–H and O–H groups in total. The Hall–Kier alpha value is -2.20. The van der Waals surface area contributed by atoms with Gasteiger partial charge in [0.25, 0.3) is 5.78 Å². The number of Topliss-reactive ketones (excluding diaryl/α,β-unsaturated/α-hetero) is 1. The molecule has 2 amide bonds. The summed E-state index contributed by atoms with van der Waals surface area (Å²) in [7, 11) is 5.35. The zero-order chi connectivity index (χ0) is 25.1. The number of carbonyl (C=O) groups excluding carboxylic acids is 3. The fraction of sp³-hybridized carbons (Fsp3) is 0.583. The smallest absolute Gasteiger partial charge is 0.374 e. The third kappa shape index (κ3) is 9.21. The first-order valence-corrected chi connectivity index (χ1v) is 13.9. The number of hydrogen-bond donors (Lipinski definition) is 3. The van der Waals surface area contributed by atoms with Gasteiger partial charge in [-0.3, -0.25) is 14.4 Å². The van der Waals surface area contributed by atoms with Crippen molar-refractivity contribution in [2.45, 2.75) is 69.7 Å². The van der Waals surface area contributed by atoms with E-state index >= 15 is 0 Å². The highest BCUT2D eigenvalue weighted by molar-refractivity contribution is 8.77. The topological polar surface area (TPSA) is 122 Å². The number of nitrogens with one attached hydrogen (secondary N) is 2. The van der Waals surface area contributed by atoms with Gasteiger partial charge >= 0.3 is 5.97 Å². The third-order valence-electron chi connectivity index (χ3n) is 5.62. The molecule has 0 bridgehead atoms. The summed E-state index contributed by atoms with van der Waals surface area (Å²) >= 11 is 0. The van der Waals surface area contributed by atoms with Crippen molar-refractivity contribution in [1.29, 1.82) is 0 Å². The number of unbranched alkanes of at least 4 members (excludes halogenated alkanes) is 1. The Morgan fingerprint density at radius 2 is 1.82 bits per heavy atom. The second-order valence-electron chi connectivity index (χ2n) is 8.65. The van der Waals surface area contributed by atoms with E-state index in [1.165, 1.54) is 19.3 Å². The normalized spacial score (nSPS) is 17.1. The Bertz CT molecular complexity index is 840. The predicted octanol–water partition coefficient (Wildman–Crippen LogP) is 3.23. The van der Waals surface area contributed by atoms with Gasteiger partial charge < -0.3 is 20.5 Å². The molecule has 0 saturated carbocycles. The standard InChI is InChI=1S/C24H34N2O6S2/c1-15(2)21(26-20(27)7-5-4-6-18-12-13-33-34-18)23(29)25-19(22(28)24(30)31)14-16-8-10-17(32-3)11-9-16/h8-11,15,18-19,21H,4-7,12-14H2,1-3H3,(H,25,29)(H,26,27)(H,30,31)/t18?,19-,21-/m0/s1. The van der Waals surface area contributed by atoms with E-state index in [0.717, 1.165) is 19.3 Å². The van der Waals surface area contributed by atoms with E-state index in [-0.39, 0.29) is 18.2 Å². The summed E-state index contributed by atoms with van der Waals surface area (Å²) in [4.78, 5) is 49.0. The van der Waals surface area contributed by atoms with E-state index in [1.54, 1.807) is 38.1 Å². The van der Waals surface area contributed by atoms with Crippen LogP contribution in [0.25, 0.3) is 0 Å². The minimum Gasteiger partial charge on any atom is -0.497 e. The van der Waals surface area contributed by atoms with Crippen molar-refractivity contribution in [1.82, 2.24) is 10.6 Å². The number of amides is 2. The fourth-order valence-corrected chi connectivity index (χ4v) is 6.65. The van der Waals surface area contributed by atoms with Crippen molar-refractivity contribution in [2.24, 2.45) is 5.92 Å². The second-order valence-corrected chi connectivity index (χ2v) is 11.4. The van der Waals surface area contributed by atoms with Crippen LogP contribution in [0.2, 0.25) is 0 Å². The highest BCUT2D eigenvalue weighted by atomic mass is 33.1. The summed E-state index contributed by atoms with van der Waals surface area (Å²) in [5, 5.41) is 15.2. The van der Waals surface area contributed by atoms with Crippen molar-refractivity contribution in [3.05, 3.63) is 29.8 Å². The monoisotopic (exact) mass is 510 g/mol. The van der Waals surface area contributed by atoms with Gasteiger partial charge in [-0.15, -0.1) is 0 Å². The predicted molar refractivity (Wildman–Crippen MR) is 135 cm³/mol. The molecule has 2 rings (SSSR count). The Morgan fingerprint density at radius 3 is 2.38 bits per heavy atom. The molecule has 0 aromatic heterocycles. The molecule has 1 saturated heterocycles. The van der Waals surface area contributed by atoms with Gasteiger partial charge in [-0.05, 0) is 42.9 Å². The quantitative estimate of drug-likeness (QED) is 0.198. The number of carbonyl (C=O) groups is 4. The van der Waals surface area contributed by atoms with Crippen LogP contribution < -0.4 is 15.4 Å². The van der Waals surface area contributed by atoms with E-state index in [2.05, 4.69) is 10.6 Å². The lowest BCUT2D eigenvalue weighted by atomic mass is 9.99. The average Bonchev–Trinajstić information content (AvgIpc) is 3.33. The number of carboxylic acids is 1. The van der Waals surface area contributed by atoms with Gasteiger partial charge in [-0.2, -0.15) is 0 Å². The molecule has 188 valence electrons. The van der Waals surface area contributed by atoms with E-state index < -0.39 is 29.7 Å². The SMILES string of the molecule is COc1ccc(C[C@H](NC(=O)[C@@H](NC(=O)CCCCC2CCSS2)C(C)C)C(=O)C(=O)O)cc1. The summed E-state index contributed by atoms with van der Waals surface area (Å²) in [6.07, 6.45) is 4.34. The second kappa shape index (κ2) is 14.3. The number of methoxy groups -OCH3 is 1. The molecule has 8 nitrogen and oxygen atoms in total. The van der Waals surface area contributed by atoms with Crippen LogP contribution in [-0.2, 0) is 25.6 Å². The number of rotatable bonds is 14. The first-order chi connectivity index (χ1) is 16.2. The zero-order valence-corrected chi connectivity index (χ0v) is 21.5. The number of carboxylic acid groups (broad SMARTS) is 1. The number of benzene rings is 1. The van der Waals surface area contributed by atoms with Crippen LogP contribution in [0.1, 0.15) is 51.5 Å². The van der Waals surface area contributed by atoms with Crippen molar-refractivity contribution >= 4 is 45.2 Å². The molecule has 1 fully saturated rings. The molecule has 0 aliphatic carbocycles. The molecule has 1 unspecified atom stereocenters. The highest BCUT2D eigenvalue weighted by Gasteiger charge is 2.31. The van der Waals surface area contributed by atoms with Gasteiger partial charge in [0.2, 0.25) is 11.8 Å². The van der Waals surface area contributed by atoms with Crippen molar-refractivity contribution in [2.75, 3.05) is 12.9 Å². The lowest BCUT2D eigenvalue weighted by Gasteiger charge is -2.24. The van der Waals surface area contributed by atoms with Crippen molar-refractivity contribution in [3.63, 3.8) is 0 Å². The lowest BCUT2D eigenvalue weighted by Crippen LogP contribution is -2.55. The molecule has 0 spiro atoms. The van der Waals surface area contributed by atoms with Crippen molar-refractivity contribution in [3.8, 4) is 5.75 Å². The van der Waals surface area contributed by atoms with Crippen molar-refractivity contribution < 1.29 is 29.0 Å². The molecular weight excluding hydrogens is 476 g/mol. The van der Waals surface area contributed by atoms with Gasteiger partial charge in [0.05, 0.1) is 7.11 Å². The zero-order valence-electron chi connectivity index (χ0n) is 19.9. The first-order valence-electron chi connectivity index (χ1n) is 11.5. The number of ether oxygens (including phenoxy) is 1. The third-order valence-corrected chi connectivity index (χ3v) is 8.62. The summed E-state index contributed by atoms with van der Waals surface area (Å²) in [6, 6.07) is 4.68. The van der Waals surface area contributed by atoms with Gasteiger partial charge in [0.15, 0.2) is 0 Å². The van der Waals surface area contributed by atoms with Crippen LogP contribution in [0.4, 0.5) is 0 Å². The van der Waals surface area contributed by atoms with E-state index in [9.17, 15) is 24.3 Å². The average molecular weight is 511 g/mol. The lowest BCUT2D eigenvalue weighted by molar-refractivity contribution is -0.150. The Labute approximate surface area is 208 Å². The molecule has 34 heavy (non-hydrogen) atoms. The van der Waals surface area contributed by atoms with E-state index in [0.29, 0.717) is 23.0 Å². The van der Waals surface area contributed by atoms with Crippen LogP contribution in [0.15, 0.2) is 24.3 Å². The maximum absolute atomic E-state index is 13.0. The van der Waals surface area contributed by atoms with Gasteiger partial charge in [0.1, 0.15) is 17.8 Å². The number of aliphatic carboxylic acids is 1.